The molecule has 0 fully saturated rings. The number of methoxy groups -OCH3 is 1. The molecule has 0 radical (unpaired) electrons. The monoisotopic (exact) mass is 364 g/mol. The van der Waals surface area contributed by atoms with Crippen LogP contribution in [0.1, 0.15) is 34.1 Å². The first-order valence-corrected chi connectivity index (χ1v) is 8.00. The lowest BCUT2D eigenvalue weighted by molar-refractivity contribution is 0.0518. The van der Waals surface area contributed by atoms with E-state index >= 15 is 0 Å². The van der Waals surface area contributed by atoms with Gasteiger partial charge in [-0.15, -0.1) is 0 Å². The minimum atomic E-state index is -0.338. The highest BCUT2D eigenvalue weighted by molar-refractivity contribution is 9.10. The molecule has 0 amide bonds. The number of benzene rings is 1. The minimum Gasteiger partial charge on any atom is -0.461 e. The Kier molecular flexibility index (Phi) is 4.31. The highest BCUT2D eigenvalue weighted by Gasteiger charge is 2.26. The van der Waals surface area contributed by atoms with Crippen LogP contribution >= 0.6 is 15.9 Å². The van der Waals surface area contributed by atoms with Crippen molar-refractivity contribution in [2.45, 2.75) is 26.4 Å². The van der Waals surface area contributed by atoms with Gasteiger partial charge in [-0.25, -0.2) is 4.79 Å². The molecule has 3 rings (SSSR count). The Hall–Kier alpha value is -1.66. The molecule has 1 aliphatic carbocycles. The molecule has 0 saturated heterocycles. The van der Waals surface area contributed by atoms with Crippen LogP contribution in [0, 0.1) is 0 Å². The zero-order valence-electron chi connectivity index (χ0n) is 12.5. The Morgan fingerprint density at radius 3 is 2.95 bits per heavy atom. The average molecular weight is 365 g/mol. The summed E-state index contributed by atoms with van der Waals surface area (Å²) >= 11 is 3.58. The first-order chi connectivity index (χ1) is 10.7. The summed E-state index contributed by atoms with van der Waals surface area (Å²) < 4.78 is 11.3. The first kappa shape index (κ1) is 15.2. The third-order valence-electron chi connectivity index (χ3n) is 3.82. The molecule has 22 heavy (non-hydrogen) atoms. The van der Waals surface area contributed by atoms with E-state index in [1.807, 2.05) is 0 Å². The fourth-order valence-electron chi connectivity index (χ4n) is 2.83. The number of aromatic nitrogens is 2. The van der Waals surface area contributed by atoms with Gasteiger partial charge >= 0.3 is 5.97 Å². The van der Waals surface area contributed by atoms with Gasteiger partial charge in [-0.3, -0.25) is 5.10 Å². The Labute approximate surface area is 137 Å². The van der Waals surface area contributed by atoms with Gasteiger partial charge in [-0.1, -0.05) is 22.0 Å². The Morgan fingerprint density at radius 1 is 1.41 bits per heavy atom. The third-order valence-corrected chi connectivity index (χ3v) is 4.56. The highest BCUT2D eigenvalue weighted by Crippen LogP contribution is 2.37. The van der Waals surface area contributed by atoms with Crippen LogP contribution in [0.25, 0.3) is 11.3 Å². The Morgan fingerprint density at radius 2 is 2.23 bits per heavy atom. The van der Waals surface area contributed by atoms with Gasteiger partial charge in [0.15, 0.2) is 0 Å². The van der Waals surface area contributed by atoms with Gasteiger partial charge in [-0.05, 0) is 37.0 Å². The summed E-state index contributed by atoms with van der Waals surface area (Å²) in [7, 11) is 1.68. The Bertz CT molecular complexity index is 724. The van der Waals surface area contributed by atoms with E-state index in [0.29, 0.717) is 18.9 Å². The molecule has 2 aromatic rings. The van der Waals surface area contributed by atoms with E-state index in [-0.39, 0.29) is 5.97 Å². The van der Waals surface area contributed by atoms with Crippen molar-refractivity contribution in [1.29, 1.82) is 0 Å². The number of rotatable bonds is 4. The number of ether oxygens (including phenoxy) is 2. The molecule has 5 nitrogen and oxygen atoms in total. The standard InChI is InChI=1S/C16H17BrN2O3/c1-3-22-16(20)15-11-5-4-9-6-10(8-21-2)13(17)7-12(9)14(11)18-19-15/h6-7H,3-5,8H2,1-2H3,(H,18,19). The van der Waals surface area contributed by atoms with Crippen molar-refractivity contribution in [3.63, 3.8) is 0 Å². The molecule has 1 aromatic heterocycles. The van der Waals surface area contributed by atoms with Crippen LogP contribution in [0.4, 0.5) is 0 Å². The van der Waals surface area contributed by atoms with Crippen molar-refractivity contribution in [3.8, 4) is 11.3 Å². The maximum absolute atomic E-state index is 12.0. The highest BCUT2D eigenvalue weighted by atomic mass is 79.9. The summed E-state index contributed by atoms with van der Waals surface area (Å²) in [4.78, 5) is 12.0. The average Bonchev–Trinajstić information content (AvgIpc) is 2.93. The molecule has 0 aliphatic heterocycles. The number of hydrogen-bond donors (Lipinski definition) is 1. The lowest BCUT2D eigenvalue weighted by atomic mass is 9.88. The third kappa shape index (κ3) is 2.57. The van der Waals surface area contributed by atoms with Gasteiger partial charge < -0.3 is 9.47 Å². The zero-order valence-corrected chi connectivity index (χ0v) is 14.1. The largest absolute Gasteiger partial charge is 0.461 e. The summed E-state index contributed by atoms with van der Waals surface area (Å²) in [5, 5.41) is 7.18. The molecule has 116 valence electrons. The fraction of sp³-hybridized carbons (Fsp3) is 0.375. The van der Waals surface area contributed by atoms with Crippen molar-refractivity contribution in [2.24, 2.45) is 0 Å². The smallest absolute Gasteiger partial charge is 0.356 e. The molecule has 6 heteroatoms. The molecular formula is C16H17BrN2O3. The molecule has 1 aromatic carbocycles. The summed E-state index contributed by atoms with van der Waals surface area (Å²) in [5.41, 5.74) is 5.65. The van der Waals surface area contributed by atoms with E-state index in [1.165, 1.54) is 5.56 Å². The summed E-state index contributed by atoms with van der Waals surface area (Å²) in [6.07, 6.45) is 1.65. The number of carbonyl (C=O) groups excluding carboxylic acids is 1. The van der Waals surface area contributed by atoms with E-state index in [1.54, 1.807) is 14.0 Å². The van der Waals surface area contributed by atoms with E-state index in [0.717, 1.165) is 39.7 Å². The van der Waals surface area contributed by atoms with E-state index in [2.05, 4.69) is 38.3 Å². The Balaban J connectivity index is 2.04. The van der Waals surface area contributed by atoms with Crippen molar-refractivity contribution in [3.05, 3.63) is 39.0 Å². The number of aromatic amines is 1. The lowest BCUT2D eigenvalue weighted by Crippen LogP contribution is -2.11. The first-order valence-electron chi connectivity index (χ1n) is 7.20. The van der Waals surface area contributed by atoms with E-state index in [4.69, 9.17) is 9.47 Å². The number of nitrogens with one attached hydrogen (secondary N) is 1. The topological polar surface area (TPSA) is 64.2 Å². The maximum Gasteiger partial charge on any atom is 0.356 e. The van der Waals surface area contributed by atoms with Crippen LogP contribution in [-0.2, 0) is 28.9 Å². The van der Waals surface area contributed by atoms with Crippen molar-refractivity contribution in [1.82, 2.24) is 10.2 Å². The minimum absolute atomic E-state index is 0.338. The summed E-state index contributed by atoms with van der Waals surface area (Å²) in [6.45, 7) is 2.72. The SMILES string of the molecule is CCOC(=O)c1[nH]nc2c1CCc1cc(COC)c(Br)cc1-2. The predicted octanol–water partition coefficient (Wildman–Crippen LogP) is 3.26. The van der Waals surface area contributed by atoms with Crippen LogP contribution in [0.5, 0.6) is 0 Å². The van der Waals surface area contributed by atoms with Crippen LogP contribution in [0.3, 0.4) is 0 Å². The van der Waals surface area contributed by atoms with Gasteiger partial charge in [0.2, 0.25) is 0 Å². The van der Waals surface area contributed by atoms with E-state index < -0.39 is 0 Å². The second-order valence-corrected chi connectivity index (χ2v) is 6.03. The van der Waals surface area contributed by atoms with Gasteiger partial charge in [0.25, 0.3) is 0 Å². The fourth-order valence-corrected chi connectivity index (χ4v) is 3.28. The summed E-state index contributed by atoms with van der Waals surface area (Å²) in [5.74, 6) is -0.338. The van der Waals surface area contributed by atoms with Crippen LogP contribution in [-0.4, -0.2) is 29.9 Å². The molecule has 1 heterocycles. The van der Waals surface area contributed by atoms with Gasteiger partial charge in [-0.2, -0.15) is 5.10 Å². The molecule has 0 unspecified atom stereocenters. The number of nitrogens with zero attached hydrogens (tertiary/aromatic N) is 1. The molecule has 0 bridgehead atoms. The van der Waals surface area contributed by atoms with Crippen LogP contribution in [0.15, 0.2) is 16.6 Å². The zero-order chi connectivity index (χ0) is 15.7. The van der Waals surface area contributed by atoms with Crippen LogP contribution < -0.4 is 0 Å². The van der Waals surface area contributed by atoms with Gasteiger partial charge in [0, 0.05) is 22.7 Å². The number of aryl methyl sites for hydroxylation is 1. The summed E-state index contributed by atoms with van der Waals surface area (Å²) in [6, 6.07) is 4.20. The lowest BCUT2D eigenvalue weighted by Gasteiger charge is -2.18. The van der Waals surface area contributed by atoms with Crippen molar-refractivity contribution < 1.29 is 14.3 Å². The molecule has 0 spiro atoms. The number of halogens is 1. The predicted molar refractivity (Wildman–Crippen MR) is 85.8 cm³/mol. The quantitative estimate of drug-likeness (QED) is 0.845. The molecule has 0 atom stereocenters. The van der Waals surface area contributed by atoms with Crippen molar-refractivity contribution in [2.75, 3.05) is 13.7 Å². The second kappa shape index (κ2) is 6.22. The normalized spacial score (nSPS) is 12.7. The number of esters is 1. The number of H-pyrrole nitrogens is 1. The number of carbonyl (C=O) groups is 1. The molecule has 0 saturated carbocycles. The van der Waals surface area contributed by atoms with E-state index in [9.17, 15) is 4.79 Å². The van der Waals surface area contributed by atoms with Gasteiger partial charge in [0.1, 0.15) is 5.69 Å². The number of fused-ring (bicyclic) bond motifs is 3. The van der Waals surface area contributed by atoms with Crippen molar-refractivity contribution >= 4 is 21.9 Å². The van der Waals surface area contributed by atoms with Gasteiger partial charge in [0.05, 0.1) is 18.9 Å². The molecule has 1 aliphatic rings. The number of hydrogen-bond acceptors (Lipinski definition) is 4. The molecule has 1 N–H and O–H groups in total. The molecular weight excluding hydrogens is 348 g/mol. The maximum atomic E-state index is 12.0. The van der Waals surface area contributed by atoms with Crippen LogP contribution in [0.2, 0.25) is 0 Å². The second-order valence-electron chi connectivity index (χ2n) is 5.18.